The Kier molecular flexibility index (Phi) is 5.86. The van der Waals surface area contributed by atoms with E-state index >= 15 is 0 Å². The van der Waals surface area contributed by atoms with Gasteiger partial charge in [-0.15, -0.1) is 0 Å². The van der Waals surface area contributed by atoms with Crippen LogP contribution in [0.3, 0.4) is 0 Å². The van der Waals surface area contributed by atoms with Crippen LogP contribution in [-0.2, 0) is 21.4 Å². The molecule has 0 bridgehead atoms. The second-order valence-corrected chi connectivity index (χ2v) is 9.52. The van der Waals surface area contributed by atoms with Crippen LogP contribution in [0.1, 0.15) is 12.0 Å². The van der Waals surface area contributed by atoms with Crippen LogP contribution >= 0.6 is 0 Å². The third-order valence-corrected chi connectivity index (χ3v) is 7.63. The zero-order valence-corrected chi connectivity index (χ0v) is 17.2. The summed E-state index contributed by atoms with van der Waals surface area (Å²) in [5, 5.41) is 0. The third-order valence-electron chi connectivity index (χ3n) is 5.72. The zero-order valence-electron chi connectivity index (χ0n) is 16.4. The van der Waals surface area contributed by atoms with E-state index in [0.717, 1.165) is 17.7 Å². The van der Waals surface area contributed by atoms with E-state index in [1.807, 2.05) is 4.90 Å². The lowest BCUT2D eigenvalue weighted by Gasteiger charge is -2.39. The molecule has 0 aromatic heterocycles. The minimum absolute atomic E-state index is 0.0356. The summed E-state index contributed by atoms with van der Waals surface area (Å²) in [6.45, 7) is 2.56. The van der Waals surface area contributed by atoms with Crippen molar-refractivity contribution in [3.63, 3.8) is 0 Å². The van der Waals surface area contributed by atoms with Gasteiger partial charge >= 0.3 is 0 Å². The zero-order chi connectivity index (χ0) is 21.3. The van der Waals surface area contributed by atoms with Crippen molar-refractivity contribution in [1.29, 1.82) is 0 Å². The molecule has 2 fully saturated rings. The highest BCUT2D eigenvalue weighted by Gasteiger charge is 2.38. The van der Waals surface area contributed by atoms with Crippen molar-refractivity contribution in [2.75, 3.05) is 32.7 Å². The third kappa shape index (κ3) is 4.23. The first-order valence-corrected chi connectivity index (χ1v) is 11.3. The molecule has 0 spiro atoms. The van der Waals surface area contributed by atoms with Gasteiger partial charge in [-0.3, -0.25) is 9.69 Å². The number of carbonyl (C=O) groups is 1. The van der Waals surface area contributed by atoms with Gasteiger partial charge in [0.05, 0.1) is 10.9 Å². The molecule has 1 unspecified atom stereocenters. The van der Waals surface area contributed by atoms with Crippen molar-refractivity contribution in [1.82, 2.24) is 14.1 Å². The predicted molar refractivity (Wildman–Crippen MR) is 107 cm³/mol. The number of benzene rings is 2. The summed E-state index contributed by atoms with van der Waals surface area (Å²) in [5.74, 6) is -0.846. The van der Waals surface area contributed by atoms with Crippen LogP contribution in [0.15, 0.2) is 53.4 Å². The van der Waals surface area contributed by atoms with Crippen LogP contribution < -0.4 is 0 Å². The van der Waals surface area contributed by atoms with E-state index in [1.165, 1.54) is 28.6 Å². The average Bonchev–Trinajstić information content (AvgIpc) is 2.96. The van der Waals surface area contributed by atoms with E-state index < -0.39 is 15.8 Å². The van der Waals surface area contributed by atoms with Crippen molar-refractivity contribution >= 4 is 15.9 Å². The van der Waals surface area contributed by atoms with Gasteiger partial charge < -0.3 is 4.90 Å². The minimum atomic E-state index is -3.75. The van der Waals surface area contributed by atoms with Crippen molar-refractivity contribution < 1.29 is 22.0 Å². The van der Waals surface area contributed by atoms with E-state index in [1.54, 1.807) is 17.0 Å². The minimum Gasteiger partial charge on any atom is -0.336 e. The number of sulfonamides is 1. The lowest BCUT2D eigenvalue weighted by Crippen LogP contribution is -2.56. The number of fused-ring (bicyclic) bond motifs is 1. The summed E-state index contributed by atoms with van der Waals surface area (Å²) in [6, 6.07) is 10.5. The van der Waals surface area contributed by atoms with E-state index in [4.69, 9.17) is 0 Å². The highest BCUT2D eigenvalue weighted by Crippen LogP contribution is 2.24. The van der Waals surface area contributed by atoms with Gasteiger partial charge in [0.1, 0.15) is 11.6 Å². The molecule has 2 aliphatic heterocycles. The highest BCUT2D eigenvalue weighted by atomic mass is 32.2. The lowest BCUT2D eigenvalue weighted by molar-refractivity contribution is -0.142. The first kappa shape index (κ1) is 20.9. The average molecular weight is 435 g/mol. The standard InChI is InChI=1S/C21H23F2N3O3S/c22-17-3-1-16(2-4-17)15-25-12-11-24-13-14-26(10-9-20(24)21(25)27)30(28,29)19-7-5-18(23)6-8-19/h1-8,20H,9-15H2. The largest absolute Gasteiger partial charge is 0.336 e. The molecule has 2 aliphatic rings. The van der Waals surface area contributed by atoms with Gasteiger partial charge in [-0.05, 0) is 48.4 Å². The molecule has 160 valence electrons. The maximum absolute atomic E-state index is 13.2. The fraction of sp³-hybridized carbons (Fsp3) is 0.381. The molecule has 2 saturated heterocycles. The number of hydrogen-bond donors (Lipinski definition) is 0. The number of amides is 1. The molecule has 1 amide bonds. The topological polar surface area (TPSA) is 60.9 Å². The number of carbonyl (C=O) groups excluding carboxylic acids is 1. The summed E-state index contributed by atoms with van der Waals surface area (Å²) in [7, 11) is -3.75. The van der Waals surface area contributed by atoms with E-state index in [-0.39, 0.29) is 35.8 Å². The van der Waals surface area contributed by atoms with Gasteiger partial charge in [-0.1, -0.05) is 12.1 Å². The van der Waals surface area contributed by atoms with Crippen LogP contribution in [-0.4, -0.2) is 67.2 Å². The lowest BCUT2D eigenvalue weighted by atomic mass is 10.1. The monoisotopic (exact) mass is 435 g/mol. The molecule has 2 aromatic carbocycles. The SMILES string of the molecule is O=C1C2CCN(S(=O)(=O)c3ccc(F)cc3)CCN2CCN1Cc1ccc(F)cc1. The molecule has 2 heterocycles. The predicted octanol–water partition coefficient (Wildman–Crippen LogP) is 2.07. The van der Waals surface area contributed by atoms with E-state index in [2.05, 4.69) is 0 Å². The summed E-state index contributed by atoms with van der Waals surface area (Å²) in [5.41, 5.74) is 0.854. The molecule has 0 saturated carbocycles. The molecule has 0 N–H and O–H groups in total. The highest BCUT2D eigenvalue weighted by molar-refractivity contribution is 7.89. The van der Waals surface area contributed by atoms with Crippen LogP contribution in [0.4, 0.5) is 8.78 Å². The maximum atomic E-state index is 13.2. The summed E-state index contributed by atoms with van der Waals surface area (Å²) in [4.78, 5) is 16.9. The molecule has 2 aromatic rings. The molecular formula is C21H23F2N3O3S. The fourth-order valence-electron chi connectivity index (χ4n) is 4.04. The van der Waals surface area contributed by atoms with Gasteiger partial charge in [-0.25, -0.2) is 17.2 Å². The van der Waals surface area contributed by atoms with Crippen LogP contribution in [0.2, 0.25) is 0 Å². The maximum Gasteiger partial charge on any atom is 0.243 e. The number of piperazine rings is 1. The van der Waals surface area contributed by atoms with Crippen LogP contribution in [0.25, 0.3) is 0 Å². The Hall–Kier alpha value is -2.36. The molecular weight excluding hydrogens is 412 g/mol. The molecule has 0 radical (unpaired) electrons. The Morgan fingerprint density at radius 2 is 1.43 bits per heavy atom. The quantitative estimate of drug-likeness (QED) is 0.738. The Morgan fingerprint density at radius 3 is 2.10 bits per heavy atom. The fourth-order valence-corrected chi connectivity index (χ4v) is 5.48. The van der Waals surface area contributed by atoms with Gasteiger partial charge in [-0.2, -0.15) is 4.31 Å². The van der Waals surface area contributed by atoms with Crippen LogP contribution in [0.5, 0.6) is 0 Å². The summed E-state index contributed by atoms with van der Waals surface area (Å²) in [6.07, 6.45) is 0.388. The number of hydrogen-bond acceptors (Lipinski definition) is 4. The van der Waals surface area contributed by atoms with Crippen molar-refractivity contribution in [3.8, 4) is 0 Å². The number of halogens is 2. The van der Waals surface area contributed by atoms with E-state index in [0.29, 0.717) is 32.6 Å². The van der Waals surface area contributed by atoms with Gasteiger partial charge in [0.2, 0.25) is 15.9 Å². The van der Waals surface area contributed by atoms with Gasteiger partial charge in [0.15, 0.2) is 0 Å². The Bertz CT molecular complexity index is 1010. The first-order valence-electron chi connectivity index (χ1n) is 9.87. The van der Waals surface area contributed by atoms with Crippen LogP contribution in [0, 0.1) is 11.6 Å². The van der Waals surface area contributed by atoms with Gasteiger partial charge in [0, 0.05) is 39.3 Å². The summed E-state index contributed by atoms with van der Waals surface area (Å²) < 4.78 is 53.5. The van der Waals surface area contributed by atoms with Gasteiger partial charge in [0.25, 0.3) is 0 Å². The molecule has 30 heavy (non-hydrogen) atoms. The number of rotatable bonds is 4. The molecule has 9 heteroatoms. The Balaban J connectivity index is 1.46. The second-order valence-electron chi connectivity index (χ2n) is 7.58. The Morgan fingerprint density at radius 1 is 0.833 bits per heavy atom. The molecule has 1 atom stereocenters. The molecule has 6 nitrogen and oxygen atoms in total. The molecule has 0 aliphatic carbocycles. The normalized spacial score (nSPS) is 21.3. The first-order chi connectivity index (χ1) is 14.3. The van der Waals surface area contributed by atoms with Crippen molar-refractivity contribution in [2.24, 2.45) is 0 Å². The smallest absolute Gasteiger partial charge is 0.243 e. The summed E-state index contributed by atoms with van der Waals surface area (Å²) >= 11 is 0. The van der Waals surface area contributed by atoms with Crippen molar-refractivity contribution in [3.05, 3.63) is 65.7 Å². The Labute approximate surface area is 174 Å². The molecule has 4 rings (SSSR count). The second kappa shape index (κ2) is 8.41. The van der Waals surface area contributed by atoms with Crippen molar-refractivity contribution in [2.45, 2.75) is 23.9 Å². The van der Waals surface area contributed by atoms with E-state index in [9.17, 15) is 22.0 Å². The number of nitrogens with zero attached hydrogens (tertiary/aromatic N) is 3.